The van der Waals surface area contributed by atoms with Gasteiger partial charge in [0.1, 0.15) is 11.9 Å². The molecule has 1 aromatic carbocycles. The number of nitro groups is 1. The molecule has 1 heterocycles. The van der Waals surface area contributed by atoms with Gasteiger partial charge >= 0.3 is 11.7 Å². The molecule has 0 aliphatic carbocycles. The number of carboxylic acids is 1. The number of nitrogens with zero attached hydrogens (tertiary/aromatic N) is 2. The van der Waals surface area contributed by atoms with Gasteiger partial charge in [0, 0.05) is 12.7 Å². The standard InChI is InChI=1S/C13H11N3O4/c17-13(18)10-3-1-2-9(6-10)7-15-11-4-5-14-8-12(11)16(19)20/h1-6,8H,7H2,(H,14,15)(H,17,18). The van der Waals surface area contributed by atoms with E-state index in [2.05, 4.69) is 10.3 Å². The highest BCUT2D eigenvalue weighted by molar-refractivity contribution is 5.87. The molecule has 0 amide bonds. The highest BCUT2D eigenvalue weighted by Gasteiger charge is 2.12. The molecule has 0 radical (unpaired) electrons. The Labute approximate surface area is 114 Å². The van der Waals surface area contributed by atoms with Crippen molar-refractivity contribution in [2.45, 2.75) is 6.54 Å². The molecule has 1 aromatic heterocycles. The van der Waals surface area contributed by atoms with E-state index in [4.69, 9.17) is 5.11 Å². The van der Waals surface area contributed by atoms with Crippen molar-refractivity contribution in [3.05, 3.63) is 64.0 Å². The van der Waals surface area contributed by atoms with Crippen LogP contribution >= 0.6 is 0 Å². The summed E-state index contributed by atoms with van der Waals surface area (Å²) >= 11 is 0. The zero-order chi connectivity index (χ0) is 14.5. The number of carboxylic acid groups (broad SMARTS) is 1. The Morgan fingerprint density at radius 1 is 1.40 bits per heavy atom. The van der Waals surface area contributed by atoms with Gasteiger partial charge in [0.2, 0.25) is 0 Å². The second-order valence-electron chi connectivity index (χ2n) is 4.01. The maximum Gasteiger partial charge on any atom is 0.335 e. The third-order valence-electron chi connectivity index (χ3n) is 2.65. The molecule has 0 aliphatic heterocycles. The van der Waals surface area contributed by atoms with E-state index in [1.807, 2.05) is 0 Å². The molecule has 2 aromatic rings. The Morgan fingerprint density at radius 2 is 2.20 bits per heavy atom. The maximum atomic E-state index is 10.9. The fourth-order valence-electron chi connectivity index (χ4n) is 1.69. The molecule has 7 heteroatoms. The summed E-state index contributed by atoms with van der Waals surface area (Å²) in [7, 11) is 0. The number of carbonyl (C=O) groups is 1. The van der Waals surface area contributed by atoms with Gasteiger partial charge in [-0.15, -0.1) is 0 Å². The fourth-order valence-corrected chi connectivity index (χ4v) is 1.69. The molecule has 0 spiro atoms. The number of pyridine rings is 1. The summed E-state index contributed by atoms with van der Waals surface area (Å²) in [5.41, 5.74) is 1.11. The van der Waals surface area contributed by atoms with E-state index in [0.29, 0.717) is 5.69 Å². The van der Waals surface area contributed by atoms with Gasteiger partial charge in [-0.2, -0.15) is 0 Å². The number of nitrogens with one attached hydrogen (secondary N) is 1. The lowest BCUT2D eigenvalue weighted by Gasteiger charge is -2.07. The number of aromatic nitrogens is 1. The summed E-state index contributed by atoms with van der Waals surface area (Å²) in [6, 6.07) is 7.87. The first-order chi connectivity index (χ1) is 9.58. The number of rotatable bonds is 5. The van der Waals surface area contributed by atoms with Gasteiger partial charge in [-0.25, -0.2) is 4.79 Å². The monoisotopic (exact) mass is 273 g/mol. The van der Waals surface area contributed by atoms with Gasteiger partial charge in [0.05, 0.1) is 10.5 Å². The molecular weight excluding hydrogens is 262 g/mol. The van der Waals surface area contributed by atoms with Crippen molar-refractivity contribution in [3.8, 4) is 0 Å². The fraction of sp³-hybridized carbons (Fsp3) is 0.0769. The van der Waals surface area contributed by atoms with Crippen LogP contribution in [0.4, 0.5) is 11.4 Å². The number of aromatic carboxylic acids is 1. The first-order valence-corrected chi connectivity index (χ1v) is 5.72. The lowest BCUT2D eigenvalue weighted by molar-refractivity contribution is -0.384. The van der Waals surface area contributed by atoms with Crippen LogP contribution < -0.4 is 5.32 Å². The summed E-state index contributed by atoms with van der Waals surface area (Å²) in [6.07, 6.45) is 2.61. The first-order valence-electron chi connectivity index (χ1n) is 5.72. The van der Waals surface area contributed by atoms with Gasteiger partial charge in [-0.05, 0) is 23.8 Å². The second kappa shape index (κ2) is 5.79. The van der Waals surface area contributed by atoms with Crippen LogP contribution in [0.5, 0.6) is 0 Å². The van der Waals surface area contributed by atoms with Gasteiger partial charge in [0.15, 0.2) is 0 Å². The molecule has 2 rings (SSSR count). The molecular formula is C13H11N3O4. The van der Waals surface area contributed by atoms with Gasteiger partial charge in [0.25, 0.3) is 0 Å². The molecule has 2 N–H and O–H groups in total. The minimum absolute atomic E-state index is 0.123. The first kappa shape index (κ1) is 13.5. The van der Waals surface area contributed by atoms with Crippen LogP contribution in [0.1, 0.15) is 15.9 Å². The topological polar surface area (TPSA) is 105 Å². The average Bonchev–Trinajstić information content (AvgIpc) is 2.45. The van der Waals surface area contributed by atoms with Crippen molar-refractivity contribution in [1.29, 1.82) is 0 Å². The van der Waals surface area contributed by atoms with Crippen LogP contribution in [0.2, 0.25) is 0 Å². The zero-order valence-electron chi connectivity index (χ0n) is 10.3. The zero-order valence-corrected chi connectivity index (χ0v) is 10.3. The molecule has 7 nitrogen and oxygen atoms in total. The predicted molar refractivity (Wildman–Crippen MR) is 71.6 cm³/mol. The van der Waals surface area contributed by atoms with E-state index < -0.39 is 10.9 Å². The van der Waals surface area contributed by atoms with E-state index in [0.717, 1.165) is 11.8 Å². The van der Waals surface area contributed by atoms with Crippen molar-refractivity contribution < 1.29 is 14.8 Å². The molecule has 0 saturated heterocycles. The summed E-state index contributed by atoms with van der Waals surface area (Å²) in [6.45, 7) is 0.284. The Balaban J connectivity index is 2.15. The van der Waals surface area contributed by atoms with E-state index >= 15 is 0 Å². The predicted octanol–water partition coefficient (Wildman–Crippen LogP) is 2.30. The lowest BCUT2D eigenvalue weighted by atomic mass is 10.1. The number of hydrogen-bond donors (Lipinski definition) is 2. The minimum Gasteiger partial charge on any atom is -0.478 e. The average molecular weight is 273 g/mol. The highest BCUT2D eigenvalue weighted by Crippen LogP contribution is 2.22. The van der Waals surface area contributed by atoms with Gasteiger partial charge in [-0.3, -0.25) is 15.1 Å². The number of hydrogen-bond acceptors (Lipinski definition) is 5. The normalized spacial score (nSPS) is 10.0. The lowest BCUT2D eigenvalue weighted by Crippen LogP contribution is -2.04. The minimum atomic E-state index is -1.01. The summed E-state index contributed by atoms with van der Waals surface area (Å²) in [5.74, 6) is -1.01. The van der Waals surface area contributed by atoms with Crippen molar-refractivity contribution in [2.75, 3.05) is 5.32 Å². The molecule has 102 valence electrons. The summed E-state index contributed by atoms with van der Waals surface area (Å²) in [5, 5.41) is 22.6. The molecule has 0 saturated carbocycles. The van der Waals surface area contributed by atoms with Crippen LogP contribution in [0.15, 0.2) is 42.7 Å². The Kier molecular flexibility index (Phi) is 3.90. The van der Waals surface area contributed by atoms with E-state index in [-0.39, 0.29) is 17.8 Å². The SMILES string of the molecule is O=C(O)c1cccc(CNc2ccncc2[N+](=O)[O-])c1. The Morgan fingerprint density at radius 3 is 2.90 bits per heavy atom. The Hall–Kier alpha value is -2.96. The van der Waals surface area contributed by atoms with Crippen LogP contribution in [0.25, 0.3) is 0 Å². The van der Waals surface area contributed by atoms with E-state index in [1.54, 1.807) is 12.1 Å². The van der Waals surface area contributed by atoms with Crippen molar-refractivity contribution in [3.63, 3.8) is 0 Å². The molecule has 0 atom stereocenters. The van der Waals surface area contributed by atoms with E-state index in [1.165, 1.54) is 24.4 Å². The second-order valence-corrected chi connectivity index (χ2v) is 4.01. The summed E-state index contributed by atoms with van der Waals surface area (Å²) in [4.78, 5) is 24.9. The largest absolute Gasteiger partial charge is 0.478 e. The van der Waals surface area contributed by atoms with Crippen LogP contribution in [-0.2, 0) is 6.54 Å². The van der Waals surface area contributed by atoms with Crippen molar-refractivity contribution in [2.24, 2.45) is 0 Å². The third-order valence-corrected chi connectivity index (χ3v) is 2.65. The molecule has 0 bridgehead atoms. The van der Waals surface area contributed by atoms with E-state index in [9.17, 15) is 14.9 Å². The van der Waals surface area contributed by atoms with Gasteiger partial charge in [-0.1, -0.05) is 12.1 Å². The quantitative estimate of drug-likeness (QED) is 0.639. The van der Waals surface area contributed by atoms with Crippen LogP contribution in [0, 0.1) is 10.1 Å². The van der Waals surface area contributed by atoms with Crippen molar-refractivity contribution >= 4 is 17.3 Å². The summed E-state index contributed by atoms with van der Waals surface area (Å²) < 4.78 is 0. The number of benzene rings is 1. The van der Waals surface area contributed by atoms with Crippen LogP contribution in [-0.4, -0.2) is 21.0 Å². The molecule has 20 heavy (non-hydrogen) atoms. The molecule has 0 unspecified atom stereocenters. The van der Waals surface area contributed by atoms with Crippen molar-refractivity contribution in [1.82, 2.24) is 4.98 Å². The van der Waals surface area contributed by atoms with Crippen LogP contribution in [0.3, 0.4) is 0 Å². The third kappa shape index (κ3) is 3.08. The Bertz CT molecular complexity index is 658. The molecule has 0 fully saturated rings. The highest BCUT2D eigenvalue weighted by atomic mass is 16.6. The number of anilines is 1. The molecule has 0 aliphatic rings. The smallest absolute Gasteiger partial charge is 0.335 e. The maximum absolute atomic E-state index is 10.9. The van der Waals surface area contributed by atoms with Gasteiger partial charge < -0.3 is 10.4 Å².